The number of rotatable bonds is 3. The number of hydrogen-bond acceptors (Lipinski definition) is 5. The van der Waals surface area contributed by atoms with Gasteiger partial charge in [0.25, 0.3) is 0 Å². The van der Waals surface area contributed by atoms with E-state index in [1.807, 2.05) is 12.3 Å². The summed E-state index contributed by atoms with van der Waals surface area (Å²) in [5, 5.41) is 6.39. The fraction of sp³-hybridized carbons (Fsp3) is 0.375. The molecule has 1 rings (SSSR count). The van der Waals surface area contributed by atoms with Crippen LogP contribution in [0.2, 0.25) is 0 Å². The quantitative estimate of drug-likeness (QED) is 0.779. The predicted octanol–water partition coefficient (Wildman–Crippen LogP) is 0.999. The van der Waals surface area contributed by atoms with Gasteiger partial charge in [-0.25, -0.2) is 9.78 Å². The Labute approximate surface area is 95.7 Å². The van der Waals surface area contributed by atoms with E-state index < -0.39 is 6.03 Å². The lowest BCUT2D eigenvalue weighted by atomic mass is 10.6. The average molecular weight is 245 g/mol. The number of amides is 3. The zero-order valence-corrected chi connectivity index (χ0v) is 10.00. The van der Waals surface area contributed by atoms with Crippen LogP contribution >= 0.6 is 23.1 Å². The summed E-state index contributed by atoms with van der Waals surface area (Å²) in [6.07, 6.45) is 0. The number of aromatic nitrogens is 1. The Hall–Kier alpha value is -1.08. The minimum absolute atomic E-state index is 0.195. The van der Waals surface area contributed by atoms with Crippen molar-refractivity contribution in [3.05, 3.63) is 11.1 Å². The molecule has 0 radical (unpaired) electrons. The third-order valence-corrected chi connectivity index (χ3v) is 3.54. The molecule has 5 nitrogen and oxygen atoms in total. The second-order valence-corrected chi connectivity index (χ2v) is 4.75. The van der Waals surface area contributed by atoms with Crippen molar-refractivity contribution in [2.45, 2.75) is 11.3 Å². The lowest BCUT2D eigenvalue weighted by molar-refractivity contribution is -0.117. The zero-order valence-electron chi connectivity index (χ0n) is 8.36. The Morgan fingerprint density at radius 3 is 2.87 bits per heavy atom. The Morgan fingerprint density at radius 2 is 2.33 bits per heavy atom. The number of imide groups is 1. The highest BCUT2D eigenvalue weighted by atomic mass is 32.2. The molecule has 0 aromatic carbocycles. The molecule has 0 atom stereocenters. The van der Waals surface area contributed by atoms with E-state index in [0.717, 1.165) is 10.0 Å². The average Bonchev–Trinajstić information content (AvgIpc) is 2.61. The van der Waals surface area contributed by atoms with Crippen LogP contribution in [0.4, 0.5) is 4.79 Å². The highest BCUT2D eigenvalue weighted by Crippen LogP contribution is 2.21. The number of nitrogens with zero attached hydrogens (tertiary/aromatic N) is 1. The van der Waals surface area contributed by atoms with Crippen molar-refractivity contribution in [3.8, 4) is 0 Å². The van der Waals surface area contributed by atoms with Gasteiger partial charge in [-0.1, -0.05) is 11.8 Å². The fourth-order valence-electron chi connectivity index (χ4n) is 0.751. The van der Waals surface area contributed by atoms with Gasteiger partial charge >= 0.3 is 6.03 Å². The van der Waals surface area contributed by atoms with E-state index in [1.165, 1.54) is 30.1 Å². The number of thiazole rings is 1. The van der Waals surface area contributed by atoms with Gasteiger partial charge in [0.2, 0.25) is 5.91 Å². The van der Waals surface area contributed by atoms with Crippen molar-refractivity contribution in [1.29, 1.82) is 0 Å². The highest BCUT2D eigenvalue weighted by molar-refractivity contribution is 8.01. The Kier molecular flexibility index (Phi) is 4.57. The van der Waals surface area contributed by atoms with E-state index >= 15 is 0 Å². The summed E-state index contributed by atoms with van der Waals surface area (Å²) in [5.41, 5.74) is 0.939. The largest absolute Gasteiger partial charge is 0.341 e. The number of aryl methyl sites for hydroxylation is 1. The molecule has 1 aromatic heterocycles. The number of carbonyl (C=O) groups is 2. The van der Waals surface area contributed by atoms with Gasteiger partial charge in [-0.2, -0.15) is 0 Å². The maximum absolute atomic E-state index is 11.2. The summed E-state index contributed by atoms with van der Waals surface area (Å²) >= 11 is 2.80. The second kappa shape index (κ2) is 5.72. The first-order valence-corrected chi connectivity index (χ1v) is 6.05. The van der Waals surface area contributed by atoms with Crippen LogP contribution in [0.25, 0.3) is 0 Å². The van der Waals surface area contributed by atoms with Gasteiger partial charge in [0.05, 0.1) is 5.75 Å². The van der Waals surface area contributed by atoms with Gasteiger partial charge in [-0.05, 0) is 6.92 Å². The molecule has 82 valence electrons. The lowest BCUT2D eigenvalue weighted by Gasteiger charge is -2.00. The van der Waals surface area contributed by atoms with Crippen LogP contribution in [0.15, 0.2) is 9.72 Å². The topological polar surface area (TPSA) is 71.1 Å². The van der Waals surface area contributed by atoms with E-state index in [1.54, 1.807) is 0 Å². The molecule has 0 aliphatic carbocycles. The molecule has 0 fully saturated rings. The van der Waals surface area contributed by atoms with Gasteiger partial charge in [-0.3, -0.25) is 10.1 Å². The van der Waals surface area contributed by atoms with E-state index in [0.29, 0.717) is 0 Å². The van der Waals surface area contributed by atoms with Crippen LogP contribution < -0.4 is 10.6 Å². The van der Waals surface area contributed by atoms with Crippen molar-refractivity contribution in [1.82, 2.24) is 15.6 Å². The van der Waals surface area contributed by atoms with Crippen molar-refractivity contribution in [2.75, 3.05) is 12.8 Å². The lowest BCUT2D eigenvalue weighted by Crippen LogP contribution is -2.38. The molecule has 0 saturated heterocycles. The van der Waals surface area contributed by atoms with Gasteiger partial charge < -0.3 is 5.32 Å². The van der Waals surface area contributed by atoms with Crippen LogP contribution in [0.3, 0.4) is 0 Å². The molecule has 0 aliphatic heterocycles. The summed E-state index contributed by atoms with van der Waals surface area (Å²) in [5.74, 6) is -0.132. The minimum atomic E-state index is -0.490. The van der Waals surface area contributed by atoms with Crippen LogP contribution in [-0.2, 0) is 4.79 Å². The van der Waals surface area contributed by atoms with Crippen LogP contribution in [0.1, 0.15) is 5.69 Å². The molecule has 0 bridgehead atoms. The number of urea groups is 1. The van der Waals surface area contributed by atoms with Crippen LogP contribution in [0.5, 0.6) is 0 Å². The van der Waals surface area contributed by atoms with Crippen molar-refractivity contribution in [3.63, 3.8) is 0 Å². The molecular formula is C8H11N3O2S2. The first-order chi connectivity index (χ1) is 7.11. The molecule has 3 amide bonds. The molecule has 1 heterocycles. The molecule has 1 aromatic rings. The molecule has 7 heteroatoms. The first kappa shape index (κ1) is 12.0. The van der Waals surface area contributed by atoms with Crippen molar-refractivity contribution >= 4 is 35.0 Å². The molecule has 0 saturated carbocycles. The standard InChI is InChI=1S/C8H11N3O2S2/c1-5-3-14-8(10-5)15-4-6(12)11-7(13)9-2/h3H,4H2,1-2H3,(H2,9,11,12,13). The maximum atomic E-state index is 11.2. The van der Waals surface area contributed by atoms with Crippen molar-refractivity contribution in [2.24, 2.45) is 0 Å². The van der Waals surface area contributed by atoms with Crippen molar-refractivity contribution < 1.29 is 9.59 Å². The van der Waals surface area contributed by atoms with E-state index in [9.17, 15) is 9.59 Å². The summed E-state index contributed by atoms with van der Waals surface area (Å²) < 4.78 is 0.833. The molecule has 0 spiro atoms. The number of hydrogen-bond donors (Lipinski definition) is 2. The first-order valence-electron chi connectivity index (χ1n) is 4.18. The molecule has 2 N–H and O–H groups in total. The third kappa shape index (κ3) is 4.30. The number of thioether (sulfide) groups is 1. The second-order valence-electron chi connectivity index (χ2n) is 2.67. The summed E-state index contributed by atoms with van der Waals surface area (Å²) in [7, 11) is 1.46. The summed E-state index contributed by atoms with van der Waals surface area (Å²) in [6.45, 7) is 1.89. The predicted molar refractivity (Wildman–Crippen MR) is 60.2 cm³/mol. The summed E-state index contributed by atoms with van der Waals surface area (Å²) in [6, 6.07) is -0.490. The van der Waals surface area contributed by atoms with Gasteiger partial charge in [0, 0.05) is 18.1 Å². The van der Waals surface area contributed by atoms with Gasteiger partial charge in [0.1, 0.15) is 0 Å². The molecule has 15 heavy (non-hydrogen) atoms. The summed E-state index contributed by atoms with van der Waals surface area (Å²) in [4.78, 5) is 26.1. The monoisotopic (exact) mass is 245 g/mol. The van der Waals surface area contributed by atoms with Crippen LogP contribution in [-0.4, -0.2) is 29.7 Å². The Balaban J connectivity index is 2.31. The minimum Gasteiger partial charge on any atom is -0.341 e. The number of nitrogens with one attached hydrogen (secondary N) is 2. The SMILES string of the molecule is CNC(=O)NC(=O)CSc1nc(C)cs1. The molecular weight excluding hydrogens is 234 g/mol. The molecule has 0 aliphatic rings. The van der Waals surface area contributed by atoms with Gasteiger partial charge in [-0.15, -0.1) is 11.3 Å². The third-order valence-electron chi connectivity index (χ3n) is 1.40. The maximum Gasteiger partial charge on any atom is 0.321 e. The Morgan fingerprint density at radius 1 is 1.60 bits per heavy atom. The van der Waals surface area contributed by atoms with Gasteiger partial charge in [0.15, 0.2) is 4.34 Å². The highest BCUT2D eigenvalue weighted by Gasteiger charge is 2.07. The Bertz CT molecular complexity index is 365. The van der Waals surface area contributed by atoms with E-state index in [2.05, 4.69) is 15.6 Å². The fourth-order valence-corrected chi connectivity index (χ4v) is 2.40. The van der Waals surface area contributed by atoms with Crippen LogP contribution in [0, 0.1) is 6.92 Å². The van der Waals surface area contributed by atoms with E-state index in [4.69, 9.17) is 0 Å². The van der Waals surface area contributed by atoms with E-state index in [-0.39, 0.29) is 11.7 Å². The molecule has 0 unspecified atom stereocenters. The smallest absolute Gasteiger partial charge is 0.321 e. The number of carbonyl (C=O) groups excluding carboxylic acids is 2. The zero-order chi connectivity index (χ0) is 11.3. The normalized spacial score (nSPS) is 9.73.